The van der Waals surface area contributed by atoms with Gasteiger partial charge in [0, 0.05) is 18.0 Å². The summed E-state index contributed by atoms with van der Waals surface area (Å²) >= 11 is 0. The molecule has 0 aliphatic heterocycles. The van der Waals surface area contributed by atoms with Crippen molar-refractivity contribution in [3.63, 3.8) is 0 Å². The average molecular weight is 633 g/mol. The zero-order valence-corrected chi connectivity index (χ0v) is 22.8. The number of nitrogens with zero attached hydrogens (tertiary/aromatic N) is 2. The molecule has 44 heavy (non-hydrogen) atoms. The molecular formula is C26H26F6N6O6. The molecule has 1 unspecified atom stereocenters. The highest BCUT2D eigenvalue weighted by Gasteiger charge is 2.54. The van der Waals surface area contributed by atoms with Crippen molar-refractivity contribution in [3.05, 3.63) is 59.9 Å². The predicted molar refractivity (Wildman–Crippen MR) is 140 cm³/mol. The molecule has 1 heterocycles. The van der Waals surface area contributed by atoms with Crippen LogP contribution >= 0.6 is 0 Å². The predicted octanol–water partition coefficient (Wildman–Crippen LogP) is 2.31. The van der Waals surface area contributed by atoms with E-state index in [2.05, 4.69) is 20.6 Å². The van der Waals surface area contributed by atoms with E-state index in [1.54, 1.807) is 49.6 Å². The van der Waals surface area contributed by atoms with Gasteiger partial charge in [-0.2, -0.15) is 26.3 Å². The number of pyridine rings is 1. The van der Waals surface area contributed by atoms with E-state index in [-0.39, 0.29) is 24.9 Å². The van der Waals surface area contributed by atoms with Crippen LogP contribution in [0.25, 0.3) is 0 Å². The number of esters is 1. The molecule has 6 N–H and O–H groups in total. The minimum absolute atomic E-state index is 0.0458. The number of aliphatic imine (C=N–C) groups is 1. The molecule has 1 saturated carbocycles. The van der Waals surface area contributed by atoms with E-state index in [9.17, 15) is 50.3 Å². The Labute approximate surface area is 245 Å². The number of hydrogen-bond acceptors (Lipinski definition) is 8. The number of rotatable bonds is 10. The standard InChI is InChI=1S/C22H26N6O4.C4F6O2/c1-2-32-18(29)12-17(15-6-4-10-25-13-15)27-20(31)22(8-9-22)28-19(30)14-5-3-7-16(11-14)26-21(23)24;5-3(6,7)1(11)2(12)4(8,9)10/h3-7,10-11,13,17H,2,8-9,12H2,1H3,(H,27,31)(H,28,30)(H4,23,24,26);. The number of halogens is 6. The van der Waals surface area contributed by atoms with Crippen LogP contribution in [0.2, 0.25) is 0 Å². The summed E-state index contributed by atoms with van der Waals surface area (Å²) in [6.07, 6.45) is -7.44. The third-order valence-electron chi connectivity index (χ3n) is 5.69. The number of nitrogens with two attached hydrogens (primary N) is 2. The molecular weight excluding hydrogens is 606 g/mol. The Bertz CT molecular complexity index is 1380. The number of amides is 2. The summed E-state index contributed by atoms with van der Waals surface area (Å²) in [5.41, 5.74) is 11.1. The Balaban J connectivity index is 0.000000477. The van der Waals surface area contributed by atoms with Gasteiger partial charge in [-0.05, 0) is 49.6 Å². The van der Waals surface area contributed by atoms with Crippen LogP contribution in [-0.2, 0) is 23.9 Å². The lowest BCUT2D eigenvalue weighted by molar-refractivity contribution is -0.193. The fraction of sp³-hybridized carbons (Fsp3) is 0.346. The molecule has 18 heteroatoms. The number of aromatic nitrogens is 1. The molecule has 1 aliphatic rings. The van der Waals surface area contributed by atoms with Crippen LogP contribution in [-0.4, -0.2) is 64.8 Å². The Morgan fingerprint density at radius 3 is 2.09 bits per heavy atom. The second kappa shape index (κ2) is 14.4. The van der Waals surface area contributed by atoms with Gasteiger partial charge in [-0.1, -0.05) is 12.1 Å². The number of Topliss-reactive ketones (excluding diaryl/α,β-unsaturated/α-hetero) is 2. The van der Waals surface area contributed by atoms with Gasteiger partial charge < -0.3 is 26.8 Å². The van der Waals surface area contributed by atoms with Gasteiger partial charge in [-0.3, -0.25) is 29.0 Å². The Morgan fingerprint density at radius 2 is 1.61 bits per heavy atom. The van der Waals surface area contributed by atoms with Crippen molar-refractivity contribution in [3.8, 4) is 0 Å². The summed E-state index contributed by atoms with van der Waals surface area (Å²) in [6, 6.07) is 9.30. The third kappa shape index (κ3) is 10.4. The molecule has 1 aromatic heterocycles. The van der Waals surface area contributed by atoms with Gasteiger partial charge in [0.25, 0.3) is 5.91 Å². The first kappa shape index (κ1) is 35.2. The number of alkyl halides is 6. The van der Waals surface area contributed by atoms with Crippen LogP contribution < -0.4 is 22.1 Å². The first-order chi connectivity index (χ1) is 20.4. The lowest BCUT2D eigenvalue weighted by Crippen LogP contribution is -2.50. The zero-order valence-electron chi connectivity index (χ0n) is 22.8. The highest BCUT2D eigenvalue weighted by Crippen LogP contribution is 2.37. The van der Waals surface area contributed by atoms with Crippen LogP contribution in [0, 0.1) is 0 Å². The number of guanidine groups is 1. The fourth-order valence-corrected chi connectivity index (χ4v) is 3.46. The summed E-state index contributed by atoms with van der Waals surface area (Å²) in [4.78, 5) is 65.1. The van der Waals surface area contributed by atoms with Crippen LogP contribution in [0.5, 0.6) is 0 Å². The van der Waals surface area contributed by atoms with E-state index in [0.29, 0.717) is 29.7 Å². The lowest BCUT2D eigenvalue weighted by atomic mass is 10.0. The molecule has 0 spiro atoms. The summed E-state index contributed by atoms with van der Waals surface area (Å²) < 4.78 is 72.0. The van der Waals surface area contributed by atoms with Gasteiger partial charge in [0.15, 0.2) is 5.96 Å². The molecule has 1 atom stereocenters. The van der Waals surface area contributed by atoms with Crippen LogP contribution in [0.1, 0.15) is 48.1 Å². The fourth-order valence-electron chi connectivity index (χ4n) is 3.46. The van der Waals surface area contributed by atoms with Gasteiger partial charge >= 0.3 is 29.9 Å². The second-order valence-electron chi connectivity index (χ2n) is 9.10. The van der Waals surface area contributed by atoms with Gasteiger partial charge in [-0.15, -0.1) is 0 Å². The van der Waals surface area contributed by atoms with Crippen molar-refractivity contribution in [2.75, 3.05) is 6.61 Å². The number of carbonyl (C=O) groups excluding carboxylic acids is 5. The van der Waals surface area contributed by atoms with Crippen molar-refractivity contribution < 1.29 is 55.1 Å². The van der Waals surface area contributed by atoms with Gasteiger partial charge in [0.05, 0.1) is 24.8 Å². The van der Waals surface area contributed by atoms with Crippen molar-refractivity contribution in [1.82, 2.24) is 15.6 Å². The van der Waals surface area contributed by atoms with Crippen LogP contribution in [0.4, 0.5) is 32.0 Å². The molecule has 1 aromatic carbocycles. The molecule has 1 aliphatic carbocycles. The maximum Gasteiger partial charge on any atom is 0.458 e. The topological polar surface area (TPSA) is 196 Å². The van der Waals surface area contributed by atoms with Crippen LogP contribution in [0.3, 0.4) is 0 Å². The summed E-state index contributed by atoms with van der Waals surface area (Å²) in [6.45, 7) is 1.96. The largest absolute Gasteiger partial charge is 0.466 e. The summed E-state index contributed by atoms with van der Waals surface area (Å²) in [7, 11) is 0. The normalized spacial score (nSPS) is 14.1. The Morgan fingerprint density at radius 1 is 1.00 bits per heavy atom. The SMILES string of the molecule is CCOC(=O)CC(NC(=O)C1(NC(=O)c2cccc(N=C(N)N)c2)CC1)c1cccnc1.O=C(C(=O)C(F)(F)F)C(F)(F)F. The minimum atomic E-state index is -5.77. The maximum absolute atomic E-state index is 13.1. The molecule has 238 valence electrons. The third-order valence-corrected chi connectivity index (χ3v) is 5.69. The summed E-state index contributed by atoms with van der Waals surface area (Å²) in [5.74, 6) is -8.17. The number of nitrogens with one attached hydrogen (secondary N) is 2. The number of hydrogen-bond donors (Lipinski definition) is 4. The average Bonchev–Trinajstić information content (AvgIpc) is 3.72. The van der Waals surface area contributed by atoms with E-state index >= 15 is 0 Å². The number of ether oxygens (including phenoxy) is 1. The van der Waals surface area contributed by atoms with E-state index in [0.717, 1.165) is 0 Å². The number of ketones is 2. The summed E-state index contributed by atoms with van der Waals surface area (Å²) in [5, 5.41) is 5.68. The lowest BCUT2D eigenvalue weighted by Gasteiger charge is -2.23. The molecule has 3 rings (SSSR count). The van der Waals surface area contributed by atoms with Crippen molar-refractivity contribution in [2.45, 2.75) is 50.1 Å². The van der Waals surface area contributed by atoms with Gasteiger partial charge in [0.1, 0.15) is 5.54 Å². The van der Waals surface area contributed by atoms with Crippen LogP contribution in [0.15, 0.2) is 53.8 Å². The van der Waals surface area contributed by atoms with Gasteiger partial charge in [0.2, 0.25) is 5.91 Å². The molecule has 0 bridgehead atoms. The quantitative estimate of drug-likeness (QED) is 0.0999. The number of benzene rings is 1. The van der Waals surface area contributed by atoms with Gasteiger partial charge in [-0.25, -0.2) is 4.99 Å². The first-order valence-corrected chi connectivity index (χ1v) is 12.5. The van der Waals surface area contributed by atoms with Crippen molar-refractivity contribution in [1.29, 1.82) is 0 Å². The van der Waals surface area contributed by atoms with Crippen molar-refractivity contribution >= 4 is 41.0 Å². The zero-order chi connectivity index (χ0) is 33.3. The van der Waals surface area contributed by atoms with E-state index < -0.39 is 47.4 Å². The number of carbonyl (C=O) groups is 5. The smallest absolute Gasteiger partial charge is 0.458 e. The van der Waals surface area contributed by atoms with E-state index in [1.165, 1.54) is 6.07 Å². The highest BCUT2D eigenvalue weighted by molar-refractivity contribution is 6.41. The second-order valence-corrected chi connectivity index (χ2v) is 9.10. The Hall–Kier alpha value is -5.03. The maximum atomic E-state index is 13.1. The highest BCUT2D eigenvalue weighted by atomic mass is 19.4. The Kier molecular flexibility index (Phi) is 11.5. The molecule has 1 fully saturated rings. The minimum Gasteiger partial charge on any atom is -0.466 e. The first-order valence-electron chi connectivity index (χ1n) is 12.5. The molecule has 2 aromatic rings. The molecule has 0 saturated heterocycles. The van der Waals surface area contributed by atoms with E-state index in [1.807, 2.05) is 0 Å². The van der Waals surface area contributed by atoms with Crippen molar-refractivity contribution in [2.24, 2.45) is 16.5 Å². The molecule has 12 nitrogen and oxygen atoms in total. The molecule has 2 amide bonds. The van der Waals surface area contributed by atoms with E-state index in [4.69, 9.17) is 16.2 Å². The monoisotopic (exact) mass is 632 g/mol. The molecule has 0 radical (unpaired) electrons.